The predicted molar refractivity (Wildman–Crippen MR) is 119 cm³/mol. The molecule has 0 saturated heterocycles. The van der Waals surface area contributed by atoms with Crippen LogP contribution in [0.25, 0.3) is 0 Å². The first-order valence-electron chi connectivity index (χ1n) is 10.6. The lowest BCUT2D eigenvalue weighted by atomic mass is 9.78. The van der Waals surface area contributed by atoms with Gasteiger partial charge in [0.15, 0.2) is 11.6 Å². The number of fused-ring (bicyclic) bond motifs is 2. The quantitative estimate of drug-likeness (QED) is 0.464. The first kappa shape index (κ1) is 20.9. The molecule has 0 aromatic heterocycles. The highest BCUT2D eigenvalue weighted by Gasteiger charge is 2.32. The molecule has 0 unspecified atom stereocenters. The maximum absolute atomic E-state index is 12.1. The molecule has 5 rings (SSSR count). The van der Waals surface area contributed by atoms with Crippen LogP contribution >= 0.6 is 0 Å². The van der Waals surface area contributed by atoms with Crippen molar-refractivity contribution in [2.75, 3.05) is 0 Å². The molecule has 3 aromatic rings. The zero-order valence-electron chi connectivity index (χ0n) is 17.2. The third-order valence-corrected chi connectivity index (χ3v) is 6.10. The number of rotatable bonds is 2. The Kier molecular flexibility index (Phi) is 5.92. The van der Waals surface area contributed by atoms with E-state index in [1.807, 2.05) is 18.2 Å². The Bertz CT molecular complexity index is 1030. The van der Waals surface area contributed by atoms with E-state index >= 15 is 0 Å². The molecule has 156 valence electrons. The molecule has 0 bridgehead atoms. The monoisotopic (exact) mass is 412 g/mol. The molecule has 0 amide bonds. The van der Waals surface area contributed by atoms with Crippen LogP contribution in [0.5, 0.6) is 0 Å². The van der Waals surface area contributed by atoms with E-state index in [1.165, 1.54) is 6.42 Å². The number of hydrogen-bond acceptors (Lipinski definition) is 4. The van der Waals surface area contributed by atoms with Crippen molar-refractivity contribution in [2.24, 2.45) is 0 Å². The summed E-state index contributed by atoms with van der Waals surface area (Å²) in [5, 5.41) is 10.5. The molecule has 4 heteroatoms. The zero-order chi connectivity index (χ0) is 21.8. The number of ketones is 2. The Morgan fingerprint density at radius 1 is 0.645 bits per heavy atom. The van der Waals surface area contributed by atoms with E-state index in [1.54, 1.807) is 54.6 Å². The number of carbonyl (C=O) groups excluding carboxylic acids is 3. The van der Waals surface area contributed by atoms with Gasteiger partial charge in [0.05, 0.1) is 5.60 Å². The fraction of sp³-hybridized carbons (Fsp3) is 0.222. The minimum atomic E-state index is -0.768. The highest BCUT2D eigenvalue weighted by Crippen LogP contribution is 2.38. The lowest BCUT2D eigenvalue weighted by molar-refractivity contribution is -0.00114. The van der Waals surface area contributed by atoms with Crippen molar-refractivity contribution < 1.29 is 19.5 Å². The molecule has 1 N–H and O–H groups in total. The van der Waals surface area contributed by atoms with E-state index in [4.69, 9.17) is 0 Å². The van der Waals surface area contributed by atoms with Gasteiger partial charge in [-0.1, -0.05) is 92.1 Å². The van der Waals surface area contributed by atoms with Crippen LogP contribution in [-0.4, -0.2) is 23.0 Å². The van der Waals surface area contributed by atoms with Crippen LogP contribution in [0.3, 0.4) is 0 Å². The van der Waals surface area contributed by atoms with Gasteiger partial charge in [0.1, 0.15) is 6.29 Å². The molecule has 1 fully saturated rings. The molecule has 31 heavy (non-hydrogen) atoms. The Morgan fingerprint density at radius 2 is 1.06 bits per heavy atom. The number of carbonyl (C=O) groups is 3. The number of hydrogen-bond donors (Lipinski definition) is 1. The van der Waals surface area contributed by atoms with Gasteiger partial charge in [-0.2, -0.15) is 0 Å². The third-order valence-electron chi connectivity index (χ3n) is 6.10. The van der Waals surface area contributed by atoms with E-state index in [0.29, 0.717) is 27.8 Å². The number of aldehydes is 1. The fourth-order valence-corrected chi connectivity index (χ4v) is 4.48. The normalized spacial score (nSPS) is 16.4. The summed E-state index contributed by atoms with van der Waals surface area (Å²) < 4.78 is 0. The van der Waals surface area contributed by atoms with Gasteiger partial charge in [0.25, 0.3) is 0 Å². The van der Waals surface area contributed by atoms with Gasteiger partial charge in [-0.3, -0.25) is 14.4 Å². The standard InChI is InChI=1S/C14H8O2.C13H16O2/c15-13-9-5-1-2-6-10(9)14(16)12-8-4-3-7-11(12)13;14-10-11-6-2-3-7-12(11)13(15)8-4-1-5-9-13/h1-8H;2-3,6-7,10,15H,1,4-5,8-9H2. The van der Waals surface area contributed by atoms with Gasteiger partial charge >= 0.3 is 0 Å². The van der Waals surface area contributed by atoms with Gasteiger partial charge in [-0.25, -0.2) is 0 Å². The summed E-state index contributed by atoms with van der Waals surface area (Å²) in [4.78, 5) is 35.1. The summed E-state index contributed by atoms with van der Waals surface area (Å²) in [6.07, 6.45) is 5.66. The topological polar surface area (TPSA) is 71.4 Å². The van der Waals surface area contributed by atoms with Gasteiger partial charge in [0.2, 0.25) is 0 Å². The molecule has 1 saturated carbocycles. The van der Waals surface area contributed by atoms with Crippen molar-refractivity contribution in [2.45, 2.75) is 37.7 Å². The Labute approximate surface area is 181 Å². The van der Waals surface area contributed by atoms with Crippen LogP contribution < -0.4 is 0 Å². The second-order valence-corrected chi connectivity index (χ2v) is 8.05. The first-order chi connectivity index (χ1) is 15.0. The van der Waals surface area contributed by atoms with Crippen LogP contribution in [0.4, 0.5) is 0 Å². The summed E-state index contributed by atoms with van der Waals surface area (Å²) in [5.74, 6) is -0.128. The molecule has 0 spiro atoms. The minimum absolute atomic E-state index is 0.0641. The summed E-state index contributed by atoms with van der Waals surface area (Å²) in [6, 6.07) is 21.3. The minimum Gasteiger partial charge on any atom is -0.385 e. The van der Waals surface area contributed by atoms with Crippen LogP contribution in [0, 0.1) is 0 Å². The third kappa shape index (κ3) is 3.99. The summed E-state index contributed by atoms with van der Waals surface area (Å²) in [6.45, 7) is 0. The average molecular weight is 412 g/mol. The van der Waals surface area contributed by atoms with Gasteiger partial charge in [0, 0.05) is 27.8 Å². The molecule has 0 radical (unpaired) electrons. The molecule has 2 aliphatic rings. The number of benzene rings is 3. The maximum Gasteiger partial charge on any atom is 0.194 e. The van der Waals surface area contributed by atoms with E-state index in [-0.39, 0.29) is 11.6 Å². The van der Waals surface area contributed by atoms with Crippen molar-refractivity contribution in [1.29, 1.82) is 0 Å². The average Bonchev–Trinajstić information content (AvgIpc) is 2.83. The summed E-state index contributed by atoms with van der Waals surface area (Å²) in [5.41, 5.74) is 2.69. The van der Waals surface area contributed by atoms with Crippen molar-refractivity contribution in [3.05, 3.63) is 106 Å². The van der Waals surface area contributed by atoms with Crippen molar-refractivity contribution in [1.82, 2.24) is 0 Å². The fourth-order valence-electron chi connectivity index (χ4n) is 4.48. The van der Waals surface area contributed by atoms with Crippen LogP contribution in [-0.2, 0) is 5.60 Å². The lowest BCUT2D eigenvalue weighted by Crippen LogP contribution is -2.29. The first-order valence-corrected chi connectivity index (χ1v) is 10.6. The largest absolute Gasteiger partial charge is 0.385 e. The second-order valence-electron chi connectivity index (χ2n) is 8.05. The highest BCUT2D eigenvalue weighted by molar-refractivity contribution is 6.28. The second kappa shape index (κ2) is 8.78. The molecular weight excluding hydrogens is 388 g/mol. The molecule has 0 aliphatic heterocycles. The molecule has 2 aliphatic carbocycles. The highest BCUT2D eigenvalue weighted by atomic mass is 16.3. The molecule has 3 aromatic carbocycles. The van der Waals surface area contributed by atoms with Crippen molar-refractivity contribution >= 4 is 17.9 Å². The van der Waals surface area contributed by atoms with Gasteiger partial charge in [-0.05, 0) is 18.4 Å². The van der Waals surface area contributed by atoms with E-state index < -0.39 is 5.60 Å². The van der Waals surface area contributed by atoms with Crippen LogP contribution in [0.15, 0.2) is 72.8 Å². The van der Waals surface area contributed by atoms with E-state index in [9.17, 15) is 19.5 Å². The van der Waals surface area contributed by atoms with E-state index in [2.05, 4.69) is 0 Å². The SMILES string of the molecule is O=C1c2ccccc2C(=O)c2ccccc21.O=Cc1ccccc1C1(O)CCCCC1. The van der Waals surface area contributed by atoms with Crippen molar-refractivity contribution in [3.8, 4) is 0 Å². The lowest BCUT2D eigenvalue weighted by Gasteiger charge is -2.33. The van der Waals surface area contributed by atoms with Crippen molar-refractivity contribution in [3.63, 3.8) is 0 Å². The van der Waals surface area contributed by atoms with Crippen LogP contribution in [0.1, 0.15) is 79.9 Å². The summed E-state index contributed by atoms with van der Waals surface area (Å²) in [7, 11) is 0. The predicted octanol–water partition coefficient (Wildman–Crippen LogP) is 5.11. The smallest absolute Gasteiger partial charge is 0.194 e. The molecule has 0 atom stereocenters. The van der Waals surface area contributed by atoms with Gasteiger partial charge in [-0.15, -0.1) is 0 Å². The summed E-state index contributed by atoms with van der Waals surface area (Å²) >= 11 is 0. The Balaban J connectivity index is 0.000000150. The Hall–Kier alpha value is -3.37. The molecule has 4 nitrogen and oxygen atoms in total. The number of aliphatic hydroxyl groups is 1. The van der Waals surface area contributed by atoms with Gasteiger partial charge < -0.3 is 5.11 Å². The zero-order valence-corrected chi connectivity index (χ0v) is 17.2. The van der Waals surface area contributed by atoms with Crippen LogP contribution in [0.2, 0.25) is 0 Å². The molecule has 0 heterocycles. The Morgan fingerprint density at radius 3 is 1.52 bits per heavy atom. The molecular formula is C27H24O4. The maximum atomic E-state index is 12.1. The van der Waals surface area contributed by atoms with E-state index in [0.717, 1.165) is 37.5 Å².